The first-order chi connectivity index (χ1) is 7.30. The molecule has 0 fully saturated rings. The number of aliphatic carboxylic acids is 1. The van der Waals surface area contributed by atoms with Crippen LogP contribution >= 0.6 is 11.6 Å². The lowest BCUT2D eigenvalue weighted by atomic mass is 10.1. The van der Waals surface area contributed by atoms with Gasteiger partial charge in [0.1, 0.15) is 0 Å². The van der Waals surface area contributed by atoms with Crippen LogP contribution in [0.3, 0.4) is 0 Å². The fraction of sp³-hybridized carbons (Fsp3) is 0.222. The Balaban J connectivity index is 3.37. The summed E-state index contributed by atoms with van der Waals surface area (Å²) in [5.74, 6) is -7.24. The van der Waals surface area contributed by atoms with Crippen LogP contribution in [0.5, 0.6) is 11.5 Å². The molecular weight excluding hydrogens is 246 g/mol. The van der Waals surface area contributed by atoms with Gasteiger partial charge in [0, 0.05) is 6.07 Å². The van der Waals surface area contributed by atoms with Crippen LogP contribution < -0.4 is 4.74 Å². The summed E-state index contributed by atoms with van der Waals surface area (Å²) in [6.45, 7) is 0. The van der Waals surface area contributed by atoms with Crippen LogP contribution in [0.2, 0.25) is 5.02 Å². The first-order valence-corrected chi connectivity index (χ1v) is 4.36. The zero-order valence-corrected chi connectivity index (χ0v) is 8.76. The molecule has 0 saturated heterocycles. The van der Waals surface area contributed by atoms with Crippen molar-refractivity contribution in [2.45, 2.75) is 5.92 Å². The SMILES string of the molecule is COc1cc(Cl)c(C(F)(F)C(=O)O)cc1O. The second kappa shape index (κ2) is 4.13. The standard InChI is InChI=1S/C9H7ClF2O4/c1-16-7-3-5(10)4(2-6(7)13)9(11,12)8(14)15/h2-3,13H,1H3,(H,14,15). The van der Waals surface area contributed by atoms with Gasteiger partial charge in [-0.1, -0.05) is 11.6 Å². The van der Waals surface area contributed by atoms with Gasteiger partial charge in [0.05, 0.1) is 17.7 Å². The first-order valence-electron chi connectivity index (χ1n) is 3.99. The number of benzene rings is 1. The Kier molecular flexibility index (Phi) is 3.23. The molecular formula is C9H7ClF2O4. The van der Waals surface area contributed by atoms with Gasteiger partial charge in [-0.05, 0) is 6.07 Å². The Bertz CT molecular complexity index is 434. The van der Waals surface area contributed by atoms with Crippen molar-refractivity contribution in [3.63, 3.8) is 0 Å². The second-order valence-electron chi connectivity index (χ2n) is 2.88. The van der Waals surface area contributed by atoms with E-state index in [4.69, 9.17) is 16.7 Å². The summed E-state index contributed by atoms with van der Waals surface area (Å²) in [6, 6.07) is 1.48. The fourth-order valence-corrected chi connectivity index (χ4v) is 1.34. The minimum Gasteiger partial charge on any atom is -0.504 e. The van der Waals surface area contributed by atoms with Crippen molar-refractivity contribution in [2.75, 3.05) is 7.11 Å². The van der Waals surface area contributed by atoms with Crippen LogP contribution in [0, 0.1) is 0 Å². The summed E-state index contributed by atoms with van der Waals surface area (Å²) in [7, 11) is 1.21. The number of carboxylic acids is 1. The largest absolute Gasteiger partial charge is 0.504 e. The van der Waals surface area contributed by atoms with Crippen LogP contribution in [0.15, 0.2) is 12.1 Å². The molecule has 0 bridgehead atoms. The molecule has 88 valence electrons. The van der Waals surface area contributed by atoms with Gasteiger partial charge >= 0.3 is 11.9 Å². The van der Waals surface area contributed by atoms with Gasteiger partial charge in [0.15, 0.2) is 11.5 Å². The predicted octanol–water partition coefficient (Wildman–Crippen LogP) is 2.23. The Morgan fingerprint density at radius 2 is 2.06 bits per heavy atom. The molecule has 0 atom stereocenters. The average molecular weight is 253 g/mol. The molecule has 0 radical (unpaired) electrons. The molecule has 1 aromatic rings. The van der Waals surface area contributed by atoms with Crippen molar-refractivity contribution < 1.29 is 28.5 Å². The van der Waals surface area contributed by atoms with E-state index in [2.05, 4.69) is 4.74 Å². The number of alkyl halides is 2. The number of halogens is 3. The third-order valence-corrected chi connectivity index (χ3v) is 2.19. The van der Waals surface area contributed by atoms with Crippen molar-refractivity contribution in [1.82, 2.24) is 0 Å². The second-order valence-corrected chi connectivity index (χ2v) is 3.29. The lowest BCUT2D eigenvalue weighted by molar-refractivity contribution is -0.166. The van der Waals surface area contributed by atoms with E-state index in [-0.39, 0.29) is 5.75 Å². The normalized spacial score (nSPS) is 11.2. The molecule has 0 unspecified atom stereocenters. The minimum atomic E-state index is -4.17. The van der Waals surface area contributed by atoms with Gasteiger partial charge in [0.2, 0.25) is 0 Å². The van der Waals surface area contributed by atoms with E-state index in [1.165, 1.54) is 7.11 Å². The van der Waals surface area contributed by atoms with E-state index in [9.17, 15) is 18.7 Å². The molecule has 0 aliphatic heterocycles. The van der Waals surface area contributed by atoms with Crippen LogP contribution in [-0.4, -0.2) is 23.3 Å². The van der Waals surface area contributed by atoms with E-state index >= 15 is 0 Å². The summed E-state index contributed by atoms with van der Waals surface area (Å²) < 4.78 is 30.9. The summed E-state index contributed by atoms with van der Waals surface area (Å²) >= 11 is 5.47. The summed E-state index contributed by atoms with van der Waals surface area (Å²) in [5, 5.41) is 17.1. The van der Waals surface area contributed by atoms with Crippen molar-refractivity contribution in [1.29, 1.82) is 0 Å². The smallest absolute Gasteiger partial charge is 0.379 e. The lowest BCUT2D eigenvalue weighted by Crippen LogP contribution is -2.25. The maximum Gasteiger partial charge on any atom is 0.379 e. The molecule has 0 amide bonds. The van der Waals surface area contributed by atoms with Gasteiger partial charge in [-0.2, -0.15) is 8.78 Å². The Hall–Kier alpha value is -1.56. The summed E-state index contributed by atoms with van der Waals surface area (Å²) in [5.41, 5.74) is -0.986. The molecule has 0 heterocycles. The van der Waals surface area contributed by atoms with Gasteiger partial charge in [-0.3, -0.25) is 0 Å². The molecule has 0 spiro atoms. The van der Waals surface area contributed by atoms with Crippen molar-refractivity contribution in [2.24, 2.45) is 0 Å². The number of carboxylic acid groups (broad SMARTS) is 1. The quantitative estimate of drug-likeness (QED) is 0.866. The maximum absolute atomic E-state index is 13.1. The number of carbonyl (C=O) groups is 1. The average Bonchev–Trinajstić information content (AvgIpc) is 2.20. The van der Waals surface area contributed by atoms with Crippen molar-refractivity contribution in [3.8, 4) is 11.5 Å². The summed E-state index contributed by atoms with van der Waals surface area (Å²) in [4.78, 5) is 10.3. The van der Waals surface area contributed by atoms with E-state index in [1.54, 1.807) is 0 Å². The molecule has 2 N–H and O–H groups in total. The van der Waals surface area contributed by atoms with Crippen molar-refractivity contribution >= 4 is 17.6 Å². The Morgan fingerprint density at radius 1 is 1.50 bits per heavy atom. The third kappa shape index (κ3) is 2.01. The fourth-order valence-electron chi connectivity index (χ4n) is 1.06. The maximum atomic E-state index is 13.1. The van der Waals surface area contributed by atoms with Gasteiger partial charge < -0.3 is 14.9 Å². The molecule has 0 saturated carbocycles. The monoisotopic (exact) mass is 252 g/mol. The number of hydrogen-bond donors (Lipinski definition) is 2. The predicted molar refractivity (Wildman–Crippen MR) is 51.2 cm³/mol. The number of phenolic OH excluding ortho intramolecular Hbond substituents is 1. The van der Waals surface area contributed by atoms with E-state index in [1.807, 2.05) is 0 Å². The molecule has 7 heteroatoms. The van der Waals surface area contributed by atoms with E-state index in [0.29, 0.717) is 6.07 Å². The zero-order chi connectivity index (χ0) is 12.5. The molecule has 16 heavy (non-hydrogen) atoms. The highest BCUT2D eigenvalue weighted by molar-refractivity contribution is 6.31. The highest BCUT2D eigenvalue weighted by Crippen LogP contribution is 2.40. The highest BCUT2D eigenvalue weighted by atomic mass is 35.5. The topological polar surface area (TPSA) is 66.8 Å². The Morgan fingerprint density at radius 3 is 2.50 bits per heavy atom. The number of phenols is 1. The number of aromatic hydroxyl groups is 1. The van der Waals surface area contributed by atoms with E-state index in [0.717, 1.165) is 6.07 Å². The molecule has 1 aromatic carbocycles. The van der Waals surface area contributed by atoms with Gasteiger partial charge in [-0.15, -0.1) is 0 Å². The molecule has 0 aromatic heterocycles. The molecule has 0 aliphatic carbocycles. The lowest BCUT2D eigenvalue weighted by Gasteiger charge is -2.14. The van der Waals surface area contributed by atoms with Crippen LogP contribution in [0.4, 0.5) is 8.78 Å². The Labute approximate surface area is 94.0 Å². The molecule has 1 rings (SSSR count). The highest BCUT2D eigenvalue weighted by Gasteiger charge is 2.43. The third-order valence-electron chi connectivity index (χ3n) is 1.88. The van der Waals surface area contributed by atoms with Gasteiger partial charge in [0.25, 0.3) is 0 Å². The number of ether oxygens (including phenoxy) is 1. The van der Waals surface area contributed by atoms with Gasteiger partial charge in [-0.25, -0.2) is 4.79 Å². The zero-order valence-electron chi connectivity index (χ0n) is 8.00. The van der Waals surface area contributed by atoms with Crippen LogP contribution in [0.25, 0.3) is 0 Å². The number of hydrogen-bond acceptors (Lipinski definition) is 3. The van der Waals surface area contributed by atoms with Crippen LogP contribution in [-0.2, 0) is 10.7 Å². The molecule has 0 aliphatic rings. The van der Waals surface area contributed by atoms with E-state index < -0.39 is 28.2 Å². The summed E-state index contributed by atoms with van der Waals surface area (Å²) in [6.07, 6.45) is 0. The number of rotatable bonds is 3. The van der Waals surface area contributed by atoms with Crippen LogP contribution in [0.1, 0.15) is 5.56 Å². The van der Waals surface area contributed by atoms with Crippen molar-refractivity contribution in [3.05, 3.63) is 22.7 Å². The number of methoxy groups -OCH3 is 1. The molecule has 4 nitrogen and oxygen atoms in total. The minimum absolute atomic E-state index is 0.116. The first kappa shape index (κ1) is 12.5.